The highest BCUT2D eigenvalue weighted by Gasteiger charge is 2.35. The van der Waals surface area contributed by atoms with Gasteiger partial charge in [0.05, 0.1) is 43.2 Å². The maximum Gasteiger partial charge on any atom is 0.338 e. The van der Waals surface area contributed by atoms with Gasteiger partial charge < -0.3 is 29.6 Å². The molecule has 0 aromatic heterocycles. The lowest BCUT2D eigenvalue weighted by molar-refractivity contribution is -0.143. The van der Waals surface area contributed by atoms with Crippen LogP contribution in [-0.2, 0) is 9.53 Å². The highest BCUT2D eigenvalue weighted by Crippen LogP contribution is 2.37. The van der Waals surface area contributed by atoms with Gasteiger partial charge in [-0.25, -0.2) is 9.59 Å². The van der Waals surface area contributed by atoms with E-state index in [9.17, 15) is 9.59 Å². The van der Waals surface area contributed by atoms with E-state index in [0.29, 0.717) is 46.3 Å². The zero-order chi connectivity index (χ0) is 24.8. The minimum atomic E-state index is -0.760. The second-order valence-electron chi connectivity index (χ2n) is 8.31. The fourth-order valence-corrected chi connectivity index (χ4v) is 3.62. The molecule has 2 aromatic rings. The van der Waals surface area contributed by atoms with Crippen LogP contribution in [0.3, 0.4) is 0 Å². The van der Waals surface area contributed by atoms with E-state index in [1.165, 1.54) is 0 Å². The van der Waals surface area contributed by atoms with E-state index < -0.39 is 18.0 Å². The third kappa shape index (κ3) is 5.81. The number of nitrogens with one attached hydrogen (secondary N) is 2. The molecule has 2 N–H and O–H groups in total. The number of ether oxygens (including phenoxy) is 4. The van der Waals surface area contributed by atoms with Gasteiger partial charge in [-0.3, -0.25) is 0 Å². The second kappa shape index (κ2) is 11.0. The zero-order valence-electron chi connectivity index (χ0n) is 20.4. The van der Waals surface area contributed by atoms with E-state index in [0.717, 1.165) is 0 Å². The number of hydrogen-bond donors (Lipinski definition) is 2. The summed E-state index contributed by atoms with van der Waals surface area (Å²) in [5.74, 6) is 1.25. The Kier molecular flexibility index (Phi) is 8.04. The number of methoxy groups -OCH3 is 1. The summed E-state index contributed by atoms with van der Waals surface area (Å²) < 4.78 is 22.4. The maximum atomic E-state index is 13.3. The van der Waals surface area contributed by atoms with Crippen LogP contribution in [0.5, 0.6) is 17.2 Å². The standard InChI is InChI=1S/C26H32N2O6/c1-7-32-21-14-18(10-13-20(21)33-15(2)3)24-22(25(29)34-16(4)5)23(27-26(30)28-24)17-8-11-19(31-6)12-9-17/h8-16,24H,7H2,1-6H3,(H2,27,28,30). The number of esters is 1. The second-order valence-corrected chi connectivity index (χ2v) is 8.31. The van der Waals surface area contributed by atoms with Crippen molar-refractivity contribution in [1.29, 1.82) is 0 Å². The lowest BCUT2D eigenvalue weighted by Crippen LogP contribution is -2.45. The van der Waals surface area contributed by atoms with Crippen molar-refractivity contribution in [3.8, 4) is 17.2 Å². The highest BCUT2D eigenvalue weighted by atomic mass is 16.5. The van der Waals surface area contributed by atoms with Crippen LogP contribution in [0.15, 0.2) is 48.0 Å². The van der Waals surface area contributed by atoms with Crippen LogP contribution in [0.2, 0.25) is 0 Å². The van der Waals surface area contributed by atoms with Gasteiger partial charge in [0.15, 0.2) is 11.5 Å². The predicted octanol–water partition coefficient (Wildman–Crippen LogP) is 4.60. The Morgan fingerprint density at radius 2 is 1.71 bits per heavy atom. The van der Waals surface area contributed by atoms with Gasteiger partial charge in [0.2, 0.25) is 0 Å². The summed E-state index contributed by atoms with van der Waals surface area (Å²) in [6.45, 7) is 9.74. The number of hydrogen-bond acceptors (Lipinski definition) is 6. The van der Waals surface area contributed by atoms with Gasteiger partial charge in [-0.1, -0.05) is 6.07 Å². The molecule has 1 heterocycles. The molecule has 0 fully saturated rings. The van der Waals surface area contributed by atoms with E-state index in [2.05, 4.69) is 10.6 Å². The van der Waals surface area contributed by atoms with E-state index >= 15 is 0 Å². The lowest BCUT2D eigenvalue weighted by atomic mass is 9.92. The summed E-state index contributed by atoms with van der Waals surface area (Å²) in [5, 5.41) is 5.64. The molecule has 2 amide bonds. The average molecular weight is 469 g/mol. The molecule has 3 rings (SSSR count). The Morgan fingerprint density at radius 1 is 1.00 bits per heavy atom. The van der Waals surface area contributed by atoms with Crippen molar-refractivity contribution in [1.82, 2.24) is 10.6 Å². The molecule has 0 spiro atoms. The molecule has 0 saturated carbocycles. The Bertz CT molecular complexity index is 1060. The van der Waals surface area contributed by atoms with Crippen LogP contribution in [-0.4, -0.2) is 37.9 Å². The van der Waals surface area contributed by atoms with Crippen LogP contribution in [0.1, 0.15) is 51.8 Å². The average Bonchev–Trinajstić information content (AvgIpc) is 2.79. The molecular weight excluding hydrogens is 436 g/mol. The summed E-state index contributed by atoms with van der Waals surface area (Å²) in [5.41, 5.74) is 1.98. The number of carbonyl (C=O) groups excluding carboxylic acids is 2. The van der Waals surface area contributed by atoms with E-state index in [-0.39, 0.29) is 12.2 Å². The molecule has 182 valence electrons. The van der Waals surface area contributed by atoms with Gasteiger partial charge in [-0.2, -0.15) is 0 Å². The largest absolute Gasteiger partial charge is 0.497 e. The summed E-state index contributed by atoms with van der Waals surface area (Å²) in [6.07, 6.45) is -0.377. The van der Waals surface area contributed by atoms with Crippen molar-refractivity contribution in [2.24, 2.45) is 0 Å². The molecule has 34 heavy (non-hydrogen) atoms. The van der Waals surface area contributed by atoms with Gasteiger partial charge in [-0.15, -0.1) is 0 Å². The first-order valence-electron chi connectivity index (χ1n) is 11.3. The molecular formula is C26H32N2O6. The Balaban J connectivity index is 2.15. The zero-order valence-corrected chi connectivity index (χ0v) is 20.4. The van der Waals surface area contributed by atoms with Crippen molar-refractivity contribution < 1.29 is 28.5 Å². The van der Waals surface area contributed by atoms with Crippen molar-refractivity contribution in [2.45, 2.75) is 52.9 Å². The van der Waals surface area contributed by atoms with Crippen molar-refractivity contribution in [3.05, 3.63) is 59.2 Å². The smallest absolute Gasteiger partial charge is 0.338 e. The molecule has 0 bridgehead atoms. The van der Waals surface area contributed by atoms with E-state index in [4.69, 9.17) is 18.9 Å². The normalized spacial score (nSPS) is 15.6. The van der Waals surface area contributed by atoms with Crippen LogP contribution in [0.25, 0.3) is 5.70 Å². The molecule has 1 aliphatic rings. The molecule has 1 atom stereocenters. The molecule has 1 aliphatic heterocycles. The maximum absolute atomic E-state index is 13.3. The number of benzene rings is 2. The Labute approximate surface area is 200 Å². The summed E-state index contributed by atoms with van der Waals surface area (Å²) in [4.78, 5) is 26.0. The molecule has 8 heteroatoms. The first-order valence-corrected chi connectivity index (χ1v) is 11.3. The Morgan fingerprint density at radius 3 is 2.29 bits per heavy atom. The Hall–Kier alpha value is -3.68. The minimum Gasteiger partial charge on any atom is -0.497 e. The lowest BCUT2D eigenvalue weighted by Gasteiger charge is -2.30. The SMILES string of the molecule is CCOc1cc(C2NC(=O)NC(c3ccc(OC)cc3)=C2C(=O)OC(C)C)ccc1OC(C)C. The fourth-order valence-electron chi connectivity index (χ4n) is 3.62. The van der Waals surface area contributed by atoms with Gasteiger partial charge in [0.1, 0.15) is 5.75 Å². The molecule has 8 nitrogen and oxygen atoms in total. The number of urea groups is 1. The van der Waals surface area contributed by atoms with Gasteiger partial charge >= 0.3 is 12.0 Å². The third-order valence-corrected chi connectivity index (χ3v) is 4.98. The monoisotopic (exact) mass is 468 g/mol. The summed E-state index contributed by atoms with van der Waals surface area (Å²) >= 11 is 0. The first-order chi connectivity index (χ1) is 16.2. The topological polar surface area (TPSA) is 95.1 Å². The third-order valence-electron chi connectivity index (χ3n) is 4.98. The van der Waals surface area contributed by atoms with E-state index in [1.54, 1.807) is 57.4 Å². The van der Waals surface area contributed by atoms with Gasteiger partial charge in [0, 0.05) is 0 Å². The quantitative estimate of drug-likeness (QED) is 0.523. The van der Waals surface area contributed by atoms with Crippen LogP contribution >= 0.6 is 0 Å². The van der Waals surface area contributed by atoms with Crippen LogP contribution in [0, 0.1) is 0 Å². The van der Waals surface area contributed by atoms with Crippen molar-refractivity contribution in [2.75, 3.05) is 13.7 Å². The number of carbonyl (C=O) groups is 2. The van der Waals surface area contributed by atoms with Crippen molar-refractivity contribution in [3.63, 3.8) is 0 Å². The highest BCUT2D eigenvalue weighted by molar-refractivity contribution is 6.04. The minimum absolute atomic E-state index is 0.0400. The molecule has 0 saturated heterocycles. The van der Waals surface area contributed by atoms with E-state index in [1.807, 2.05) is 26.8 Å². The van der Waals surface area contributed by atoms with Gasteiger partial charge in [-0.05, 0) is 82.1 Å². The molecule has 2 aromatic carbocycles. The van der Waals surface area contributed by atoms with Crippen LogP contribution < -0.4 is 24.8 Å². The fraction of sp³-hybridized carbons (Fsp3) is 0.385. The number of rotatable bonds is 9. The summed E-state index contributed by atoms with van der Waals surface area (Å²) in [6, 6.07) is 11.3. The molecule has 1 unspecified atom stereocenters. The summed E-state index contributed by atoms with van der Waals surface area (Å²) in [7, 11) is 1.57. The van der Waals surface area contributed by atoms with Gasteiger partial charge in [0.25, 0.3) is 0 Å². The van der Waals surface area contributed by atoms with Crippen molar-refractivity contribution >= 4 is 17.7 Å². The first kappa shape index (κ1) is 25.0. The molecule has 0 aliphatic carbocycles. The predicted molar refractivity (Wildman–Crippen MR) is 129 cm³/mol. The van der Waals surface area contributed by atoms with Crippen LogP contribution in [0.4, 0.5) is 4.79 Å². The number of amides is 2. The molecule has 0 radical (unpaired) electrons.